The van der Waals surface area contributed by atoms with Gasteiger partial charge in [-0.05, 0) is 67.8 Å². The Morgan fingerprint density at radius 3 is 2.60 bits per heavy atom. The maximum atomic E-state index is 13.7. The van der Waals surface area contributed by atoms with Gasteiger partial charge in [-0.1, -0.05) is 31.2 Å². The Morgan fingerprint density at radius 1 is 1.05 bits per heavy atom. The standard InChI is InChI=1S/C32H31N3O5/c1-6-11-22-16-21(17-28(38-5)30(22)39-20(3)7-2)19-33-35-31(34-25-13-9-8-12-23(25)32(35)36)29-18-24-26(37-4)14-10-15-27(24)40-29/h6,8-10,12-20H,1,7,11H2,2-5H3/t20-/m0/s1. The molecule has 0 fully saturated rings. The predicted octanol–water partition coefficient (Wildman–Crippen LogP) is 6.61. The van der Waals surface area contributed by atoms with Gasteiger partial charge in [-0.3, -0.25) is 4.79 Å². The first-order valence-corrected chi connectivity index (χ1v) is 13.1. The molecule has 2 heterocycles. The lowest BCUT2D eigenvalue weighted by atomic mass is 10.1. The fourth-order valence-electron chi connectivity index (χ4n) is 4.47. The molecule has 5 aromatic rings. The van der Waals surface area contributed by atoms with Crippen LogP contribution in [0.15, 0.2) is 87.6 Å². The van der Waals surface area contributed by atoms with E-state index in [0.29, 0.717) is 45.9 Å². The molecule has 1 atom stereocenters. The smallest absolute Gasteiger partial charge is 0.282 e. The van der Waals surface area contributed by atoms with E-state index in [1.54, 1.807) is 38.6 Å². The Kier molecular flexibility index (Phi) is 7.68. The second-order valence-electron chi connectivity index (χ2n) is 9.34. The van der Waals surface area contributed by atoms with E-state index in [0.717, 1.165) is 22.9 Å². The molecule has 204 valence electrons. The van der Waals surface area contributed by atoms with Gasteiger partial charge in [0, 0.05) is 5.56 Å². The Bertz CT molecular complexity index is 1780. The molecule has 5 rings (SSSR count). The molecule has 0 aliphatic heterocycles. The SMILES string of the molecule is C=CCc1cc(C=Nn2c(-c3cc4c(OC)cccc4o3)nc3ccccc3c2=O)cc(OC)c1O[C@@H](C)CC. The number of aromatic nitrogens is 2. The molecule has 8 heteroatoms. The normalized spacial score (nSPS) is 12.2. The van der Waals surface area contributed by atoms with Gasteiger partial charge < -0.3 is 18.6 Å². The van der Waals surface area contributed by atoms with Gasteiger partial charge in [0.05, 0.1) is 42.8 Å². The van der Waals surface area contributed by atoms with Crippen LogP contribution in [-0.4, -0.2) is 36.2 Å². The van der Waals surface area contributed by atoms with Crippen LogP contribution in [0.5, 0.6) is 17.2 Å². The van der Waals surface area contributed by atoms with Crippen LogP contribution in [-0.2, 0) is 6.42 Å². The fraction of sp³-hybridized carbons (Fsp3) is 0.219. The van der Waals surface area contributed by atoms with Crippen molar-refractivity contribution in [1.82, 2.24) is 9.66 Å². The van der Waals surface area contributed by atoms with Crippen molar-refractivity contribution in [3.8, 4) is 28.8 Å². The van der Waals surface area contributed by atoms with Gasteiger partial charge >= 0.3 is 0 Å². The lowest BCUT2D eigenvalue weighted by Crippen LogP contribution is -2.20. The Hall–Kier alpha value is -4.85. The van der Waals surface area contributed by atoms with E-state index in [4.69, 9.17) is 23.6 Å². The van der Waals surface area contributed by atoms with Gasteiger partial charge in [0.1, 0.15) is 11.3 Å². The van der Waals surface area contributed by atoms with Crippen LogP contribution >= 0.6 is 0 Å². The number of hydrogen-bond acceptors (Lipinski definition) is 7. The maximum Gasteiger partial charge on any atom is 0.282 e. The number of nitrogens with zero attached hydrogens (tertiary/aromatic N) is 3. The van der Waals surface area contributed by atoms with Crippen molar-refractivity contribution in [2.24, 2.45) is 5.10 Å². The third kappa shape index (κ3) is 5.08. The van der Waals surface area contributed by atoms with Gasteiger partial charge in [-0.2, -0.15) is 9.78 Å². The monoisotopic (exact) mass is 537 g/mol. The third-order valence-electron chi connectivity index (χ3n) is 6.67. The van der Waals surface area contributed by atoms with Crippen molar-refractivity contribution in [3.05, 3.63) is 94.8 Å². The largest absolute Gasteiger partial charge is 0.496 e. The van der Waals surface area contributed by atoms with Crippen LogP contribution in [0.2, 0.25) is 0 Å². The molecule has 0 N–H and O–H groups in total. The number of hydrogen-bond donors (Lipinski definition) is 0. The molecule has 0 saturated heterocycles. The lowest BCUT2D eigenvalue weighted by Gasteiger charge is -2.19. The summed E-state index contributed by atoms with van der Waals surface area (Å²) in [6.45, 7) is 7.97. The van der Waals surface area contributed by atoms with Gasteiger partial charge in [0.2, 0.25) is 5.82 Å². The minimum atomic E-state index is -0.320. The highest BCUT2D eigenvalue weighted by molar-refractivity contribution is 5.89. The minimum Gasteiger partial charge on any atom is -0.496 e. The average Bonchev–Trinajstić information content (AvgIpc) is 3.42. The fourth-order valence-corrected chi connectivity index (χ4v) is 4.47. The number of para-hydroxylation sites is 1. The van der Waals surface area contributed by atoms with Crippen LogP contribution in [0.4, 0.5) is 0 Å². The van der Waals surface area contributed by atoms with Crippen LogP contribution in [0.25, 0.3) is 33.5 Å². The summed E-state index contributed by atoms with van der Waals surface area (Å²) in [5.41, 5.74) is 2.47. The summed E-state index contributed by atoms with van der Waals surface area (Å²) in [5, 5.41) is 5.82. The van der Waals surface area contributed by atoms with Crippen molar-refractivity contribution in [1.29, 1.82) is 0 Å². The highest BCUT2D eigenvalue weighted by Gasteiger charge is 2.19. The molecule has 40 heavy (non-hydrogen) atoms. The number of allylic oxidation sites excluding steroid dienone is 1. The van der Waals surface area contributed by atoms with Crippen molar-refractivity contribution >= 4 is 28.1 Å². The number of benzene rings is 3. The van der Waals surface area contributed by atoms with E-state index in [9.17, 15) is 4.79 Å². The minimum absolute atomic E-state index is 0.0178. The van der Waals surface area contributed by atoms with Crippen LogP contribution in [0, 0.1) is 0 Å². The van der Waals surface area contributed by atoms with Crippen LogP contribution in [0.3, 0.4) is 0 Å². The van der Waals surface area contributed by atoms with E-state index < -0.39 is 0 Å². The highest BCUT2D eigenvalue weighted by Crippen LogP contribution is 2.35. The number of methoxy groups -OCH3 is 2. The Labute approximate surface area is 232 Å². The van der Waals surface area contributed by atoms with Crippen LogP contribution in [0.1, 0.15) is 31.4 Å². The average molecular weight is 538 g/mol. The summed E-state index contributed by atoms with van der Waals surface area (Å²) >= 11 is 0. The van der Waals surface area contributed by atoms with E-state index in [-0.39, 0.29) is 17.5 Å². The van der Waals surface area contributed by atoms with E-state index in [2.05, 4.69) is 18.6 Å². The third-order valence-corrected chi connectivity index (χ3v) is 6.67. The summed E-state index contributed by atoms with van der Waals surface area (Å²) in [6.07, 6.45) is 4.86. The summed E-state index contributed by atoms with van der Waals surface area (Å²) in [5.74, 6) is 2.58. The van der Waals surface area contributed by atoms with Crippen molar-refractivity contribution in [2.45, 2.75) is 32.8 Å². The molecule has 0 aliphatic carbocycles. The molecule has 0 bridgehead atoms. The second kappa shape index (κ2) is 11.5. The molecule has 0 aliphatic rings. The summed E-state index contributed by atoms with van der Waals surface area (Å²) < 4.78 is 24.7. The molecular weight excluding hydrogens is 506 g/mol. The quantitative estimate of drug-likeness (QED) is 0.147. The molecule has 0 amide bonds. The second-order valence-corrected chi connectivity index (χ2v) is 9.34. The van der Waals surface area contributed by atoms with Crippen molar-refractivity contribution in [2.75, 3.05) is 14.2 Å². The summed E-state index contributed by atoms with van der Waals surface area (Å²) in [7, 11) is 3.20. The zero-order chi connectivity index (χ0) is 28.2. The summed E-state index contributed by atoms with van der Waals surface area (Å²) in [6, 6.07) is 18.3. The zero-order valence-electron chi connectivity index (χ0n) is 23.0. The van der Waals surface area contributed by atoms with E-state index in [1.165, 1.54) is 4.68 Å². The predicted molar refractivity (Wildman–Crippen MR) is 158 cm³/mol. The Morgan fingerprint density at radius 2 is 1.85 bits per heavy atom. The lowest BCUT2D eigenvalue weighted by molar-refractivity contribution is 0.206. The number of fused-ring (bicyclic) bond motifs is 2. The number of ether oxygens (including phenoxy) is 3. The first-order valence-electron chi connectivity index (χ1n) is 13.1. The summed E-state index contributed by atoms with van der Waals surface area (Å²) in [4.78, 5) is 18.4. The van der Waals surface area contributed by atoms with Crippen LogP contribution < -0.4 is 19.8 Å². The number of rotatable bonds is 10. The molecule has 3 aromatic carbocycles. The topological polar surface area (TPSA) is 88.1 Å². The van der Waals surface area contributed by atoms with Gasteiger partial charge in [0.25, 0.3) is 5.56 Å². The zero-order valence-corrected chi connectivity index (χ0v) is 23.0. The first-order chi connectivity index (χ1) is 19.5. The molecule has 8 nitrogen and oxygen atoms in total. The molecule has 0 saturated carbocycles. The van der Waals surface area contributed by atoms with Gasteiger partial charge in [-0.15, -0.1) is 6.58 Å². The van der Waals surface area contributed by atoms with E-state index in [1.807, 2.05) is 55.5 Å². The van der Waals surface area contributed by atoms with Crippen molar-refractivity contribution < 1.29 is 18.6 Å². The molecule has 2 aromatic heterocycles. The first kappa shape index (κ1) is 26.7. The Balaban J connectivity index is 1.67. The number of furan rings is 1. The molecular formula is C32H31N3O5. The maximum absolute atomic E-state index is 13.7. The molecule has 0 spiro atoms. The van der Waals surface area contributed by atoms with E-state index >= 15 is 0 Å². The highest BCUT2D eigenvalue weighted by atomic mass is 16.5. The van der Waals surface area contributed by atoms with Gasteiger partial charge in [0.15, 0.2) is 17.3 Å². The molecule has 0 radical (unpaired) electrons. The van der Waals surface area contributed by atoms with Gasteiger partial charge in [-0.25, -0.2) is 4.98 Å². The van der Waals surface area contributed by atoms with Crippen molar-refractivity contribution in [3.63, 3.8) is 0 Å². The molecule has 0 unspecified atom stereocenters.